The summed E-state index contributed by atoms with van der Waals surface area (Å²) in [5, 5.41) is 12.3. The molecule has 1 heterocycles. The van der Waals surface area contributed by atoms with Crippen LogP contribution in [0, 0.1) is 6.92 Å². The van der Waals surface area contributed by atoms with Crippen molar-refractivity contribution in [1.29, 1.82) is 0 Å². The molecule has 0 saturated heterocycles. The molecule has 0 aliphatic heterocycles. The summed E-state index contributed by atoms with van der Waals surface area (Å²) in [6, 6.07) is 15.1. The molecule has 0 saturated carbocycles. The minimum atomic E-state index is -1.02. The molecule has 0 aliphatic rings. The molecule has 2 N–H and O–H groups in total. The second-order valence-electron chi connectivity index (χ2n) is 8.97. The summed E-state index contributed by atoms with van der Waals surface area (Å²) in [5.41, 5.74) is 5.48. The van der Waals surface area contributed by atoms with Crippen molar-refractivity contribution in [2.45, 2.75) is 52.4 Å². The van der Waals surface area contributed by atoms with Gasteiger partial charge in [0.1, 0.15) is 6.04 Å². The quantitative estimate of drug-likeness (QED) is 0.341. The van der Waals surface area contributed by atoms with Gasteiger partial charge in [-0.15, -0.1) is 0 Å². The maximum absolute atomic E-state index is 13.3. The third-order valence-electron chi connectivity index (χ3n) is 6.06. The number of nitrogens with one attached hydrogen (secondary N) is 1. The molecule has 1 aromatic heterocycles. The monoisotopic (exact) mass is 494 g/mol. The second-order valence-corrected chi connectivity index (χ2v) is 9.96. The third kappa shape index (κ3) is 7.23. The van der Waals surface area contributed by atoms with E-state index in [4.69, 9.17) is 4.42 Å². The Morgan fingerprint density at radius 1 is 1.06 bits per heavy atom. The van der Waals surface area contributed by atoms with E-state index >= 15 is 0 Å². The van der Waals surface area contributed by atoms with Crippen LogP contribution in [0.3, 0.4) is 0 Å². The van der Waals surface area contributed by atoms with E-state index in [0.29, 0.717) is 30.3 Å². The Morgan fingerprint density at radius 2 is 1.80 bits per heavy atom. The number of hydrogen-bond donors (Lipinski definition) is 2. The first-order valence-corrected chi connectivity index (χ1v) is 13.2. The molecular weight excluding hydrogens is 460 g/mol. The highest BCUT2D eigenvalue weighted by Gasteiger charge is 2.23. The molecular formula is C28H34N2O4S. The van der Waals surface area contributed by atoms with Crippen LogP contribution in [0.2, 0.25) is 0 Å². The first-order chi connectivity index (χ1) is 16.8. The van der Waals surface area contributed by atoms with Crippen LogP contribution in [-0.2, 0) is 17.9 Å². The number of carbonyl (C=O) groups is 2. The summed E-state index contributed by atoms with van der Waals surface area (Å²) in [7, 11) is 0. The minimum Gasteiger partial charge on any atom is -0.480 e. The summed E-state index contributed by atoms with van der Waals surface area (Å²) < 4.78 is 5.24. The van der Waals surface area contributed by atoms with E-state index in [1.807, 2.05) is 55.6 Å². The molecule has 186 valence electrons. The van der Waals surface area contributed by atoms with Crippen LogP contribution < -0.4 is 5.32 Å². The lowest BCUT2D eigenvalue weighted by Gasteiger charge is -2.26. The van der Waals surface area contributed by atoms with Gasteiger partial charge in [-0.2, -0.15) is 11.8 Å². The van der Waals surface area contributed by atoms with Crippen LogP contribution in [0.15, 0.2) is 65.5 Å². The SMILES string of the molecule is CSCC[C@H](NC(=O)c1ccc(CN(Cc2ccoc2)C(C)C)cc1-c1ccccc1C)C(=O)O. The molecule has 1 atom stereocenters. The Balaban J connectivity index is 1.95. The van der Waals surface area contributed by atoms with Crippen molar-refractivity contribution in [3.63, 3.8) is 0 Å². The number of hydrogen-bond acceptors (Lipinski definition) is 5. The van der Waals surface area contributed by atoms with Gasteiger partial charge in [-0.05, 0) is 79.7 Å². The maximum Gasteiger partial charge on any atom is 0.326 e. The number of rotatable bonds is 12. The van der Waals surface area contributed by atoms with E-state index < -0.39 is 12.0 Å². The summed E-state index contributed by atoms with van der Waals surface area (Å²) in [5.74, 6) is -0.738. The molecule has 0 bridgehead atoms. The number of furan rings is 1. The van der Waals surface area contributed by atoms with Crippen molar-refractivity contribution >= 4 is 23.6 Å². The van der Waals surface area contributed by atoms with Crippen LogP contribution in [-0.4, -0.2) is 46.0 Å². The largest absolute Gasteiger partial charge is 0.480 e. The van der Waals surface area contributed by atoms with Crippen LogP contribution >= 0.6 is 11.8 Å². The van der Waals surface area contributed by atoms with E-state index in [9.17, 15) is 14.7 Å². The lowest BCUT2D eigenvalue weighted by molar-refractivity contribution is -0.139. The highest BCUT2D eigenvalue weighted by atomic mass is 32.2. The van der Waals surface area contributed by atoms with Gasteiger partial charge in [-0.3, -0.25) is 9.69 Å². The summed E-state index contributed by atoms with van der Waals surface area (Å²) in [4.78, 5) is 27.3. The maximum atomic E-state index is 13.3. The van der Waals surface area contributed by atoms with Crippen molar-refractivity contribution in [2.75, 3.05) is 12.0 Å². The van der Waals surface area contributed by atoms with E-state index in [1.54, 1.807) is 24.3 Å². The van der Waals surface area contributed by atoms with Gasteiger partial charge in [-0.1, -0.05) is 30.3 Å². The minimum absolute atomic E-state index is 0.308. The highest BCUT2D eigenvalue weighted by Crippen LogP contribution is 2.29. The Hall–Kier alpha value is -3.03. The number of aliphatic carboxylic acids is 1. The number of thioether (sulfide) groups is 1. The smallest absolute Gasteiger partial charge is 0.326 e. The summed E-state index contributed by atoms with van der Waals surface area (Å²) in [6.07, 6.45) is 5.73. The number of carbonyl (C=O) groups excluding carboxylic acids is 1. The Bertz CT molecular complexity index is 1130. The molecule has 35 heavy (non-hydrogen) atoms. The molecule has 7 heteroatoms. The van der Waals surface area contributed by atoms with Gasteiger partial charge >= 0.3 is 5.97 Å². The van der Waals surface area contributed by atoms with Crippen molar-refractivity contribution < 1.29 is 19.1 Å². The number of aryl methyl sites for hydroxylation is 1. The summed E-state index contributed by atoms with van der Waals surface area (Å²) >= 11 is 1.56. The van der Waals surface area contributed by atoms with Gasteiger partial charge in [0.25, 0.3) is 5.91 Å². The number of amides is 1. The number of carboxylic acid groups (broad SMARTS) is 1. The normalized spacial score (nSPS) is 12.2. The van der Waals surface area contributed by atoms with E-state index in [1.165, 1.54) is 0 Å². The fourth-order valence-corrected chi connectivity index (χ4v) is 4.46. The van der Waals surface area contributed by atoms with Crippen molar-refractivity contribution in [2.24, 2.45) is 0 Å². The lowest BCUT2D eigenvalue weighted by atomic mass is 9.93. The van der Waals surface area contributed by atoms with E-state index in [0.717, 1.165) is 34.4 Å². The van der Waals surface area contributed by atoms with Gasteiger partial charge < -0.3 is 14.8 Å². The molecule has 3 aromatic rings. The average Bonchev–Trinajstić information content (AvgIpc) is 3.34. The van der Waals surface area contributed by atoms with Crippen molar-refractivity contribution in [3.8, 4) is 11.1 Å². The number of benzene rings is 2. The van der Waals surface area contributed by atoms with Crippen molar-refractivity contribution in [1.82, 2.24) is 10.2 Å². The first kappa shape index (κ1) is 26.6. The molecule has 0 unspecified atom stereocenters. The first-order valence-electron chi connectivity index (χ1n) is 11.8. The zero-order chi connectivity index (χ0) is 25.4. The average molecular weight is 495 g/mol. The standard InChI is InChI=1S/C28H34N2O4S/c1-19(2)30(17-22-11-13-34-18-22)16-21-9-10-24(25(15-21)23-8-6-5-7-20(23)3)27(31)29-26(28(32)33)12-14-35-4/h5-11,13,15,18-19,26H,12,14,16-17H2,1-4H3,(H,29,31)(H,32,33)/t26-/m0/s1. The molecule has 3 rings (SSSR count). The fraction of sp³-hybridized carbons (Fsp3) is 0.357. The van der Waals surface area contributed by atoms with Crippen LogP contribution in [0.5, 0.6) is 0 Å². The Kier molecular flexibility index (Phi) is 9.57. The molecule has 1 amide bonds. The van der Waals surface area contributed by atoms with Crippen LogP contribution in [0.4, 0.5) is 0 Å². The molecule has 0 aliphatic carbocycles. The topological polar surface area (TPSA) is 82.8 Å². The van der Waals surface area contributed by atoms with Crippen LogP contribution in [0.25, 0.3) is 11.1 Å². The predicted molar refractivity (Wildman–Crippen MR) is 142 cm³/mol. The zero-order valence-corrected chi connectivity index (χ0v) is 21.6. The number of nitrogens with zero attached hydrogens (tertiary/aromatic N) is 1. The van der Waals surface area contributed by atoms with Gasteiger partial charge in [0.2, 0.25) is 0 Å². The second kappa shape index (κ2) is 12.6. The lowest BCUT2D eigenvalue weighted by Crippen LogP contribution is -2.41. The Labute approximate surface area is 211 Å². The molecule has 0 spiro atoms. The molecule has 6 nitrogen and oxygen atoms in total. The van der Waals surface area contributed by atoms with Crippen LogP contribution in [0.1, 0.15) is 47.3 Å². The Morgan fingerprint density at radius 3 is 2.43 bits per heavy atom. The highest BCUT2D eigenvalue weighted by molar-refractivity contribution is 7.98. The van der Waals surface area contributed by atoms with Gasteiger partial charge in [0, 0.05) is 30.3 Å². The third-order valence-corrected chi connectivity index (χ3v) is 6.70. The molecule has 0 radical (unpaired) electrons. The van der Waals surface area contributed by atoms with E-state index in [-0.39, 0.29) is 5.91 Å². The van der Waals surface area contributed by atoms with E-state index in [2.05, 4.69) is 30.1 Å². The molecule has 0 fully saturated rings. The summed E-state index contributed by atoms with van der Waals surface area (Å²) in [6.45, 7) is 7.79. The number of carboxylic acids is 1. The van der Waals surface area contributed by atoms with Crippen molar-refractivity contribution in [3.05, 3.63) is 83.3 Å². The predicted octanol–water partition coefficient (Wildman–Crippen LogP) is 5.60. The molecule has 2 aromatic carbocycles. The van der Waals surface area contributed by atoms with Gasteiger partial charge in [-0.25, -0.2) is 4.79 Å². The fourth-order valence-electron chi connectivity index (χ4n) is 3.99. The zero-order valence-electron chi connectivity index (χ0n) is 20.8. The van der Waals surface area contributed by atoms with Gasteiger partial charge in [0.05, 0.1) is 12.5 Å². The van der Waals surface area contributed by atoms with Gasteiger partial charge in [0.15, 0.2) is 0 Å².